The maximum Gasteiger partial charge on any atom is 0.0558 e. The molecule has 1 heterocycles. The molecule has 1 saturated heterocycles. The molecule has 1 fully saturated rings. The Hall–Kier alpha value is -0.400. The standard InChI is InChI=1S/C20H45N5O5/c26-14-1-19(2-15-27)20(3-16-28,4-17-29)25(13-18-30)12-11-23-8-7-21-5-6-22-9-10-24-19/h21-24,26-30H,1-18H2. The molecule has 0 unspecified atom stereocenters. The third kappa shape index (κ3) is 7.94. The zero-order chi connectivity index (χ0) is 22.1. The minimum Gasteiger partial charge on any atom is -0.396 e. The first-order valence-corrected chi connectivity index (χ1v) is 11.3. The fourth-order valence-corrected chi connectivity index (χ4v) is 4.90. The summed E-state index contributed by atoms with van der Waals surface area (Å²) in [6.45, 7) is 5.95. The van der Waals surface area contributed by atoms with Crippen LogP contribution in [0.15, 0.2) is 0 Å². The minimum atomic E-state index is -0.745. The number of aliphatic hydroxyl groups excluding tert-OH is 5. The summed E-state index contributed by atoms with van der Waals surface area (Å²) < 4.78 is 0. The lowest BCUT2D eigenvalue weighted by Gasteiger charge is -2.57. The van der Waals surface area contributed by atoms with Crippen LogP contribution >= 0.6 is 0 Å². The van der Waals surface area contributed by atoms with E-state index in [0.29, 0.717) is 58.4 Å². The SMILES string of the molecule is OCCN1CCNCCNCCNCCNC(CCO)(CCO)C1(CCO)CCO. The summed E-state index contributed by atoms with van der Waals surface area (Å²) >= 11 is 0. The van der Waals surface area contributed by atoms with E-state index in [4.69, 9.17) is 0 Å². The average Bonchev–Trinajstić information content (AvgIpc) is 2.73. The fraction of sp³-hybridized carbons (Fsp3) is 1.00. The molecule has 0 atom stereocenters. The van der Waals surface area contributed by atoms with E-state index in [2.05, 4.69) is 26.2 Å². The van der Waals surface area contributed by atoms with Crippen molar-refractivity contribution in [1.82, 2.24) is 26.2 Å². The molecule has 0 bridgehead atoms. The molecule has 0 spiro atoms. The van der Waals surface area contributed by atoms with Gasteiger partial charge in [0.05, 0.1) is 6.61 Å². The molecule has 0 aromatic carbocycles. The highest BCUT2D eigenvalue weighted by atomic mass is 16.3. The zero-order valence-electron chi connectivity index (χ0n) is 18.4. The van der Waals surface area contributed by atoms with Crippen molar-refractivity contribution in [2.45, 2.75) is 36.8 Å². The highest BCUT2D eigenvalue weighted by Gasteiger charge is 2.52. The molecule has 1 aliphatic heterocycles. The van der Waals surface area contributed by atoms with Crippen LogP contribution < -0.4 is 21.3 Å². The molecule has 30 heavy (non-hydrogen) atoms. The number of aliphatic hydroxyl groups is 5. The molecule has 0 aliphatic carbocycles. The Morgan fingerprint density at radius 3 is 1.50 bits per heavy atom. The monoisotopic (exact) mass is 435 g/mol. The summed E-state index contributed by atoms with van der Waals surface area (Å²) in [6.07, 6.45) is 1.44. The molecule has 0 aromatic heterocycles. The molecule has 0 aromatic rings. The highest BCUT2D eigenvalue weighted by molar-refractivity contribution is 5.12. The van der Waals surface area contributed by atoms with Gasteiger partial charge in [-0.3, -0.25) is 4.90 Å². The first kappa shape index (κ1) is 27.6. The van der Waals surface area contributed by atoms with E-state index in [0.717, 1.165) is 26.2 Å². The van der Waals surface area contributed by atoms with Crippen LogP contribution in [0.5, 0.6) is 0 Å². The molecular formula is C20H45N5O5. The Morgan fingerprint density at radius 2 is 1.03 bits per heavy atom. The van der Waals surface area contributed by atoms with Gasteiger partial charge in [-0.05, 0) is 25.7 Å². The second-order valence-electron chi connectivity index (χ2n) is 7.90. The van der Waals surface area contributed by atoms with Crippen molar-refractivity contribution in [3.05, 3.63) is 0 Å². The lowest BCUT2D eigenvalue weighted by Crippen LogP contribution is -2.72. The predicted molar refractivity (Wildman–Crippen MR) is 118 cm³/mol. The van der Waals surface area contributed by atoms with E-state index in [-0.39, 0.29) is 33.0 Å². The van der Waals surface area contributed by atoms with Gasteiger partial charge in [0.2, 0.25) is 0 Å². The maximum atomic E-state index is 10.0. The third-order valence-electron chi connectivity index (χ3n) is 6.27. The van der Waals surface area contributed by atoms with Crippen LogP contribution in [-0.2, 0) is 0 Å². The average molecular weight is 436 g/mol. The summed E-state index contributed by atoms with van der Waals surface area (Å²) in [5.74, 6) is 0. The number of nitrogens with one attached hydrogen (secondary N) is 4. The van der Waals surface area contributed by atoms with Crippen molar-refractivity contribution in [1.29, 1.82) is 0 Å². The summed E-state index contributed by atoms with van der Waals surface area (Å²) in [5, 5.41) is 63.5. The molecule has 9 N–H and O–H groups in total. The Labute approximate surface area is 181 Å². The predicted octanol–water partition coefficient (Wildman–Crippen LogP) is -3.34. The quantitative estimate of drug-likeness (QED) is 0.170. The molecule has 1 rings (SSSR count). The van der Waals surface area contributed by atoms with Gasteiger partial charge in [0.15, 0.2) is 0 Å². The van der Waals surface area contributed by atoms with Crippen molar-refractivity contribution in [3.63, 3.8) is 0 Å². The molecule has 1 aliphatic rings. The van der Waals surface area contributed by atoms with E-state index >= 15 is 0 Å². The Kier molecular flexibility index (Phi) is 15.0. The Morgan fingerprint density at radius 1 is 0.567 bits per heavy atom. The van der Waals surface area contributed by atoms with E-state index in [1.165, 1.54) is 0 Å². The van der Waals surface area contributed by atoms with Crippen molar-refractivity contribution in [3.8, 4) is 0 Å². The minimum absolute atomic E-state index is 0.0595. The molecule has 0 saturated carbocycles. The van der Waals surface area contributed by atoms with Gasteiger partial charge in [-0.1, -0.05) is 0 Å². The second-order valence-corrected chi connectivity index (χ2v) is 7.90. The summed E-state index contributed by atoms with van der Waals surface area (Å²) in [5.41, 5.74) is -1.48. The largest absolute Gasteiger partial charge is 0.396 e. The number of β-amino-alcohol motifs (C(OH)–C–C–N with tert-alkyl or cyclic N) is 1. The maximum absolute atomic E-state index is 10.0. The lowest BCUT2D eigenvalue weighted by atomic mass is 9.67. The van der Waals surface area contributed by atoms with E-state index < -0.39 is 11.1 Å². The van der Waals surface area contributed by atoms with E-state index in [1.807, 2.05) is 0 Å². The molecular weight excluding hydrogens is 390 g/mol. The van der Waals surface area contributed by atoms with Gasteiger partial charge < -0.3 is 46.8 Å². The van der Waals surface area contributed by atoms with Gasteiger partial charge in [0, 0.05) is 96.4 Å². The van der Waals surface area contributed by atoms with Gasteiger partial charge in [0.25, 0.3) is 0 Å². The zero-order valence-corrected chi connectivity index (χ0v) is 18.4. The van der Waals surface area contributed by atoms with Crippen LogP contribution in [0.4, 0.5) is 0 Å². The van der Waals surface area contributed by atoms with Crippen LogP contribution in [0, 0.1) is 0 Å². The first-order valence-electron chi connectivity index (χ1n) is 11.3. The van der Waals surface area contributed by atoms with Crippen LogP contribution in [0.3, 0.4) is 0 Å². The Balaban J connectivity index is 3.37. The van der Waals surface area contributed by atoms with Gasteiger partial charge in [-0.15, -0.1) is 0 Å². The summed E-state index contributed by atoms with van der Waals surface area (Å²) in [6, 6.07) is 0. The summed E-state index contributed by atoms with van der Waals surface area (Å²) in [4.78, 5) is 2.12. The summed E-state index contributed by atoms with van der Waals surface area (Å²) in [7, 11) is 0. The van der Waals surface area contributed by atoms with Crippen LogP contribution in [0.1, 0.15) is 25.7 Å². The van der Waals surface area contributed by atoms with Crippen LogP contribution in [0.25, 0.3) is 0 Å². The van der Waals surface area contributed by atoms with Crippen LogP contribution in [-0.4, -0.2) is 133 Å². The number of nitrogens with zero attached hydrogens (tertiary/aromatic N) is 1. The number of rotatable bonds is 10. The van der Waals surface area contributed by atoms with Gasteiger partial charge in [0.1, 0.15) is 0 Å². The molecule has 180 valence electrons. The van der Waals surface area contributed by atoms with Gasteiger partial charge in [-0.2, -0.15) is 0 Å². The molecule has 0 amide bonds. The highest BCUT2D eigenvalue weighted by Crippen LogP contribution is 2.40. The van der Waals surface area contributed by atoms with Crippen molar-refractivity contribution < 1.29 is 25.5 Å². The van der Waals surface area contributed by atoms with Crippen molar-refractivity contribution >= 4 is 0 Å². The second kappa shape index (κ2) is 16.3. The van der Waals surface area contributed by atoms with Gasteiger partial charge >= 0.3 is 0 Å². The first-order chi connectivity index (χ1) is 14.7. The van der Waals surface area contributed by atoms with Crippen LogP contribution in [0.2, 0.25) is 0 Å². The Bertz CT molecular complexity index is 407. The number of hydrogen-bond donors (Lipinski definition) is 9. The third-order valence-corrected chi connectivity index (χ3v) is 6.27. The number of hydrogen-bond acceptors (Lipinski definition) is 10. The fourth-order valence-electron chi connectivity index (χ4n) is 4.90. The lowest BCUT2D eigenvalue weighted by molar-refractivity contribution is -0.0621. The smallest absolute Gasteiger partial charge is 0.0558 e. The van der Waals surface area contributed by atoms with Crippen molar-refractivity contribution in [2.24, 2.45) is 0 Å². The van der Waals surface area contributed by atoms with Crippen molar-refractivity contribution in [2.75, 3.05) is 91.9 Å². The van der Waals surface area contributed by atoms with E-state index in [9.17, 15) is 25.5 Å². The normalized spacial score (nSPS) is 22.3. The molecule has 0 radical (unpaired) electrons. The van der Waals surface area contributed by atoms with E-state index in [1.54, 1.807) is 0 Å². The van der Waals surface area contributed by atoms with Gasteiger partial charge in [-0.25, -0.2) is 0 Å². The molecule has 10 heteroatoms. The topological polar surface area (TPSA) is 153 Å². The molecule has 10 nitrogen and oxygen atoms in total.